The Labute approximate surface area is 120 Å². The van der Waals surface area contributed by atoms with Gasteiger partial charge in [0.25, 0.3) is 0 Å². The number of rotatable bonds is 4. The van der Waals surface area contributed by atoms with Gasteiger partial charge in [-0.15, -0.1) is 0 Å². The first-order valence-electron chi connectivity index (χ1n) is 7.01. The van der Waals surface area contributed by atoms with Crippen LogP contribution in [-0.4, -0.2) is 37.0 Å². The first-order valence-corrected chi connectivity index (χ1v) is 8.16. The molecule has 1 fully saturated rings. The molecule has 0 amide bonds. The fourth-order valence-corrected chi connectivity index (χ4v) is 4.10. The second-order valence-electron chi connectivity index (χ2n) is 6.65. The van der Waals surface area contributed by atoms with Crippen molar-refractivity contribution in [3.05, 3.63) is 12.2 Å². The molecule has 1 aliphatic heterocycles. The van der Waals surface area contributed by atoms with Crippen LogP contribution in [0.3, 0.4) is 0 Å². The van der Waals surface area contributed by atoms with Crippen LogP contribution in [0.5, 0.6) is 0 Å². The van der Waals surface area contributed by atoms with Crippen molar-refractivity contribution in [2.45, 2.75) is 52.7 Å². The molecule has 108 valence electrons. The van der Waals surface area contributed by atoms with Crippen molar-refractivity contribution in [2.75, 3.05) is 11.5 Å². The summed E-state index contributed by atoms with van der Waals surface area (Å²) in [7, 11) is 0. The highest BCUT2D eigenvalue weighted by Crippen LogP contribution is 2.43. The molecule has 1 N–H and O–H groups in total. The molecule has 2 rings (SSSR count). The summed E-state index contributed by atoms with van der Waals surface area (Å²) < 4.78 is 1.94. The summed E-state index contributed by atoms with van der Waals surface area (Å²) >= 11 is 1.84. The molecule has 1 unspecified atom stereocenters. The van der Waals surface area contributed by atoms with Crippen molar-refractivity contribution >= 4 is 11.8 Å². The molecular formula is C14H25N3OS. The molecule has 0 spiro atoms. The molecule has 2 heterocycles. The SMILES string of the molecule is CC(C)Cn1ncnc1CC1(O)CSCCC1(C)C. The maximum Gasteiger partial charge on any atom is 0.138 e. The van der Waals surface area contributed by atoms with Gasteiger partial charge < -0.3 is 5.11 Å². The van der Waals surface area contributed by atoms with E-state index in [4.69, 9.17) is 0 Å². The molecule has 0 saturated carbocycles. The van der Waals surface area contributed by atoms with Gasteiger partial charge in [0, 0.05) is 18.7 Å². The average molecular weight is 283 g/mol. The van der Waals surface area contributed by atoms with Crippen molar-refractivity contribution in [1.82, 2.24) is 14.8 Å². The van der Waals surface area contributed by atoms with E-state index in [1.165, 1.54) is 0 Å². The summed E-state index contributed by atoms with van der Waals surface area (Å²) in [6.45, 7) is 9.52. The Hall–Kier alpha value is -0.550. The lowest BCUT2D eigenvalue weighted by molar-refractivity contribution is -0.0534. The van der Waals surface area contributed by atoms with E-state index in [0.717, 1.165) is 30.3 Å². The molecule has 0 radical (unpaired) electrons. The van der Waals surface area contributed by atoms with Crippen molar-refractivity contribution in [3.63, 3.8) is 0 Å². The molecule has 0 bridgehead atoms. The molecule has 0 aliphatic carbocycles. The Bertz CT molecular complexity index is 430. The lowest BCUT2D eigenvalue weighted by atomic mass is 9.71. The van der Waals surface area contributed by atoms with E-state index in [0.29, 0.717) is 12.3 Å². The zero-order valence-corrected chi connectivity index (χ0v) is 13.2. The molecular weight excluding hydrogens is 258 g/mol. The van der Waals surface area contributed by atoms with Crippen LogP contribution in [0.15, 0.2) is 6.33 Å². The van der Waals surface area contributed by atoms with Gasteiger partial charge in [-0.1, -0.05) is 27.7 Å². The predicted molar refractivity (Wildman–Crippen MR) is 79.2 cm³/mol. The standard InChI is InChI=1S/C14H25N3OS/c1-11(2)8-17-12(15-10-16-17)7-14(18)9-19-6-5-13(14,3)4/h10-11,18H,5-9H2,1-4H3. The van der Waals surface area contributed by atoms with Crippen LogP contribution in [-0.2, 0) is 13.0 Å². The normalized spacial score (nSPS) is 26.8. The fourth-order valence-electron chi connectivity index (χ4n) is 2.47. The topological polar surface area (TPSA) is 50.9 Å². The molecule has 1 saturated heterocycles. The van der Waals surface area contributed by atoms with E-state index in [9.17, 15) is 5.11 Å². The molecule has 1 aromatic heterocycles. The minimum Gasteiger partial charge on any atom is -0.388 e. The molecule has 5 heteroatoms. The maximum atomic E-state index is 11.0. The van der Waals surface area contributed by atoms with E-state index in [2.05, 4.69) is 37.8 Å². The zero-order valence-electron chi connectivity index (χ0n) is 12.4. The monoisotopic (exact) mass is 283 g/mol. The summed E-state index contributed by atoms with van der Waals surface area (Å²) in [5.41, 5.74) is -0.745. The highest BCUT2D eigenvalue weighted by atomic mass is 32.2. The van der Waals surface area contributed by atoms with Gasteiger partial charge in [0.05, 0.1) is 5.60 Å². The predicted octanol–water partition coefficient (Wildman–Crippen LogP) is 2.37. The van der Waals surface area contributed by atoms with Crippen LogP contribution in [0.2, 0.25) is 0 Å². The van der Waals surface area contributed by atoms with Crippen LogP contribution in [0.25, 0.3) is 0 Å². The van der Waals surface area contributed by atoms with E-state index in [-0.39, 0.29) is 5.41 Å². The number of hydrogen-bond donors (Lipinski definition) is 1. The van der Waals surface area contributed by atoms with Gasteiger partial charge in [-0.2, -0.15) is 16.9 Å². The van der Waals surface area contributed by atoms with Crippen LogP contribution in [0, 0.1) is 11.3 Å². The summed E-state index contributed by atoms with van der Waals surface area (Å²) in [6, 6.07) is 0. The van der Waals surface area contributed by atoms with Crippen LogP contribution < -0.4 is 0 Å². The Morgan fingerprint density at radius 3 is 2.84 bits per heavy atom. The number of hydrogen-bond acceptors (Lipinski definition) is 4. The molecule has 4 nitrogen and oxygen atoms in total. The highest BCUT2D eigenvalue weighted by molar-refractivity contribution is 7.99. The quantitative estimate of drug-likeness (QED) is 0.921. The number of aliphatic hydroxyl groups is 1. The van der Waals surface area contributed by atoms with Crippen LogP contribution >= 0.6 is 11.8 Å². The fraction of sp³-hybridized carbons (Fsp3) is 0.857. The second kappa shape index (κ2) is 5.44. The molecule has 1 aliphatic rings. The minimum absolute atomic E-state index is 0.0626. The van der Waals surface area contributed by atoms with Crippen molar-refractivity contribution in [2.24, 2.45) is 11.3 Å². The molecule has 0 aromatic carbocycles. The van der Waals surface area contributed by atoms with Gasteiger partial charge in [0.2, 0.25) is 0 Å². The second-order valence-corrected chi connectivity index (χ2v) is 7.75. The van der Waals surface area contributed by atoms with Gasteiger partial charge in [-0.25, -0.2) is 9.67 Å². The maximum absolute atomic E-state index is 11.0. The van der Waals surface area contributed by atoms with Gasteiger partial charge in [-0.05, 0) is 23.5 Å². The van der Waals surface area contributed by atoms with E-state index in [1.807, 2.05) is 16.4 Å². The first kappa shape index (κ1) is 14.9. The van der Waals surface area contributed by atoms with Crippen molar-refractivity contribution < 1.29 is 5.11 Å². The molecule has 19 heavy (non-hydrogen) atoms. The minimum atomic E-state index is -0.683. The van der Waals surface area contributed by atoms with E-state index >= 15 is 0 Å². The zero-order chi connectivity index (χ0) is 14.1. The molecule has 1 atom stereocenters. The van der Waals surface area contributed by atoms with Crippen LogP contribution in [0.4, 0.5) is 0 Å². The van der Waals surface area contributed by atoms with Gasteiger partial charge in [0.1, 0.15) is 12.2 Å². The summed E-state index contributed by atoms with van der Waals surface area (Å²) in [5, 5.41) is 15.3. The van der Waals surface area contributed by atoms with E-state index < -0.39 is 5.60 Å². The lowest BCUT2D eigenvalue weighted by Crippen LogP contribution is -2.52. The molecule has 1 aromatic rings. The third-order valence-corrected chi connectivity index (χ3v) is 5.33. The smallest absolute Gasteiger partial charge is 0.138 e. The van der Waals surface area contributed by atoms with E-state index in [1.54, 1.807) is 6.33 Å². The van der Waals surface area contributed by atoms with Gasteiger partial charge >= 0.3 is 0 Å². The van der Waals surface area contributed by atoms with Crippen molar-refractivity contribution in [3.8, 4) is 0 Å². The Morgan fingerprint density at radius 1 is 1.47 bits per heavy atom. The number of thioether (sulfide) groups is 1. The van der Waals surface area contributed by atoms with Gasteiger partial charge in [-0.3, -0.25) is 0 Å². The Morgan fingerprint density at radius 2 is 2.21 bits per heavy atom. The highest BCUT2D eigenvalue weighted by Gasteiger charge is 2.46. The third kappa shape index (κ3) is 3.14. The number of aromatic nitrogens is 3. The summed E-state index contributed by atoms with van der Waals surface area (Å²) in [5.74, 6) is 3.36. The Balaban J connectivity index is 2.18. The van der Waals surface area contributed by atoms with Crippen molar-refractivity contribution in [1.29, 1.82) is 0 Å². The van der Waals surface area contributed by atoms with Crippen LogP contribution in [0.1, 0.15) is 39.9 Å². The largest absolute Gasteiger partial charge is 0.388 e. The summed E-state index contributed by atoms with van der Waals surface area (Å²) in [6.07, 6.45) is 3.25. The summed E-state index contributed by atoms with van der Waals surface area (Å²) in [4.78, 5) is 4.36. The lowest BCUT2D eigenvalue weighted by Gasteiger charge is -2.46. The number of nitrogens with zero attached hydrogens (tertiary/aromatic N) is 3. The average Bonchev–Trinajstić information content (AvgIpc) is 2.69. The first-order chi connectivity index (χ1) is 8.84. The van der Waals surface area contributed by atoms with Gasteiger partial charge in [0.15, 0.2) is 0 Å². The third-order valence-electron chi connectivity index (χ3n) is 4.16. The Kier molecular flexibility index (Phi) is 4.26.